The number of para-hydroxylation sites is 1. The Morgan fingerprint density at radius 2 is 1.09 bits per heavy atom. The van der Waals surface area contributed by atoms with Crippen molar-refractivity contribution in [1.82, 2.24) is 15.0 Å². The maximum atomic E-state index is 9.40. The first-order valence-electron chi connectivity index (χ1n) is 17.1. The largest absolute Gasteiger partial charge is 0.456 e. The summed E-state index contributed by atoms with van der Waals surface area (Å²) in [4.78, 5) is 14.5. The molecule has 0 atom stereocenters. The van der Waals surface area contributed by atoms with Crippen LogP contribution in [0.2, 0.25) is 0 Å². The molecule has 0 unspecified atom stereocenters. The van der Waals surface area contributed by atoms with Gasteiger partial charge in [-0.05, 0) is 41.4 Å². The molecule has 9 aromatic rings. The molecule has 0 aliphatic carbocycles. The van der Waals surface area contributed by atoms with Crippen molar-refractivity contribution in [2.45, 2.75) is 0 Å². The van der Waals surface area contributed by atoms with Gasteiger partial charge in [0.15, 0.2) is 17.5 Å². The van der Waals surface area contributed by atoms with Crippen molar-refractivity contribution >= 4 is 43.9 Å². The molecule has 0 aliphatic heterocycles. The average Bonchev–Trinajstić information content (AvgIpc) is 3.74. The van der Waals surface area contributed by atoms with E-state index in [9.17, 15) is 4.11 Å². The lowest BCUT2D eigenvalue weighted by Crippen LogP contribution is -2.00. The molecule has 0 saturated carbocycles. The van der Waals surface area contributed by atoms with Crippen molar-refractivity contribution < 1.29 is 17.1 Å². The van der Waals surface area contributed by atoms with Crippen LogP contribution < -0.4 is 0 Å². The molecule has 0 saturated heterocycles. The van der Waals surface area contributed by atoms with E-state index in [0.717, 1.165) is 10.8 Å². The number of benzene rings is 6. The van der Waals surface area contributed by atoms with E-state index < -0.39 is 0 Å². The Balaban J connectivity index is 1.37. The molecule has 44 heavy (non-hydrogen) atoms. The highest BCUT2D eigenvalue weighted by atomic mass is 16.3. The molecule has 6 aromatic carbocycles. The van der Waals surface area contributed by atoms with Gasteiger partial charge >= 0.3 is 0 Å². The highest BCUT2D eigenvalue weighted by Gasteiger charge is 2.19. The zero-order valence-electron chi connectivity index (χ0n) is 29.0. The van der Waals surface area contributed by atoms with Gasteiger partial charge in [-0.25, -0.2) is 15.0 Å². The molecule has 3 aromatic heterocycles. The van der Waals surface area contributed by atoms with E-state index in [1.54, 1.807) is 24.3 Å². The van der Waals surface area contributed by atoms with Gasteiger partial charge in [-0.15, -0.1) is 0 Å². The summed E-state index contributed by atoms with van der Waals surface area (Å²) < 4.78 is 66.2. The van der Waals surface area contributed by atoms with Crippen LogP contribution in [0.4, 0.5) is 0 Å². The van der Waals surface area contributed by atoms with Crippen molar-refractivity contribution in [1.29, 1.82) is 0 Å². The van der Waals surface area contributed by atoms with E-state index in [2.05, 4.69) is 0 Å². The Morgan fingerprint density at radius 1 is 0.432 bits per heavy atom. The molecule has 3 heterocycles. The van der Waals surface area contributed by atoms with Crippen molar-refractivity contribution in [2.24, 2.45) is 0 Å². The van der Waals surface area contributed by atoms with E-state index in [4.69, 9.17) is 27.9 Å². The highest BCUT2D eigenvalue weighted by molar-refractivity contribution is 6.13. The summed E-state index contributed by atoms with van der Waals surface area (Å²) in [5.74, 6) is 0.600. The summed E-state index contributed by atoms with van der Waals surface area (Å²) in [6, 6.07) is 29.9. The zero-order chi connectivity index (χ0) is 34.3. The summed E-state index contributed by atoms with van der Waals surface area (Å²) in [7, 11) is 0. The molecule has 0 spiro atoms. The molecule has 5 heteroatoms. The van der Waals surface area contributed by atoms with Gasteiger partial charge in [0.25, 0.3) is 0 Å². The van der Waals surface area contributed by atoms with Crippen molar-refractivity contribution in [3.63, 3.8) is 0 Å². The molecule has 0 bridgehead atoms. The molecule has 0 N–H and O–H groups in total. The van der Waals surface area contributed by atoms with Gasteiger partial charge in [-0.1, -0.05) is 109 Å². The fourth-order valence-electron chi connectivity index (χ4n) is 5.67. The molecular weight excluding hydrogens is 542 g/mol. The van der Waals surface area contributed by atoms with Gasteiger partial charge in [0.05, 0.1) is 8.22 Å². The molecule has 0 radical (unpaired) electrons. The smallest absolute Gasteiger partial charge is 0.164 e. The number of furan rings is 2. The van der Waals surface area contributed by atoms with Crippen molar-refractivity contribution in [3.8, 4) is 45.3 Å². The van der Waals surface area contributed by atoms with Crippen molar-refractivity contribution in [3.05, 3.63) is 139 Å². The Bertz CT molecular complexity index is 2840. The predicted octanol–water partition coefficient (Wildman–Crippen LogP) is 10.3. The average molecular weight is 572 g/mol. The van der Waals surface area contributed by atoms with Crippen LogP contribution in [-0.4, -0.2) is 15.0 Å². The van der Waals surface area contributed by atoms with Crippen LogP contribution in [-0.2, 0) is 0 Å². The first-order chi connectivity index (χ1) is 24.3. The van der Waals surface area contributed by atoms with Gasteiger partial charge in [-0.2, -0.15) is 0 Å². The summed E-state index contributed by atoms with van der Waals surface area (Å²) in [6.07, 6.45) is 0. The van der Waals surface area contributed by atoms with Crippen LogP contribution in [0, 0.1) is 0 Å². The van der Waals surface area contributed by atoms with Crippen LogP contribution in [0.5, 0.6) is 0 Å². The van der Waals surface area contributed by atoms with Gasteiger partial charge < -0.3 is 8.83 Å². The van der Waals surface area contributed by atoms with Crippen molar-refractivity contribution in [2.75, 3.05) is 0 Å². The Morgan fingerprint density at radius 3 is 1.93 bits per heavy atom. The van der Waals surface area contributed by atoms with Crippen LogP contribution >= 0.6 is 0 Å². The minimum absolute atomic E-state index is 0.00116. The third-order valence-corrected chi connectivity index (χ3v) is 7.67. The second-order valence-electron chi connectivity index (χ2n) is 10.3. The fraction of sp³-hybridized carbons (Fsp3) is 0. The molecule has 0 aliphatic rings. The van der Waals surface area contributed by atoms with Crippen LogP contribution in [0.3, 0.4) is 0 Å². The second kappa shape index (κ2) is 9.75. The molecule has 5 nitrogen and oxygen atoms in total. The zero-order valence-corrected chi connectivity index (χ0v) is 23.0. The monoisotopic (exact) mass is 571 g/mol. The molecule has 0 amide bonds. The Labute approximate surface area is 260 Å². The fourth-order valence-corrected chi connectivity index (χ4v) is 5.67. The first-order valence-corrected chi connectivity index (χ1v) is 14.1. The lowest BCUT2D eigenvalue weighted by Gasteiger charge is -2.09. The van der Waals surface area contributed by atoms with E-state index in [1.807, 2.05) is 78.9 Å². The van der Waals surface area contributed by atoms with Gasteiger partial charge in [0.1, 0.15) is 22.3 Å². The number of aromatic nitrogens is 3. The standard InChI is InChI=1S/C39H23N3O2/c1-3-11-24(12-4-1)27-16-9-19-32-35(27)29-22-21-26(23-34(29)44-32)38-40-37(25-13-5-2-6-14-25)41-39(42-38)30-17-10-20-33-36(30)28-15-7-8-18-31(28)43-33/h1-23H/i9D,16D,19D,21D,22D,23D. The number of nitrogens with zero attached hydrogens (tertiary/aromatic N) is 3. The topological polar surface area (TPSA) is 65.0 Å². The molecular formula is C39H23N3O2. The first kappa shape index (κ1) is 19.2. The molecule has 206 valence electrons. The van der Waals surface area contributed by atoms with Gasteiger partial charge in [0.2, 0.25) is 0 Å². The summed E-state index contributed by atoms with van der Waals surface area (Å²) >= 11 is 0. The van der Waals surface area contributed by atoms with E-state index in [1.165, 1.54) is 0 Å². The third kappa shape index (κ3) is 3.91. The molecule has 0 fully saturated rings. The maximum Gasteiger partial charge on any atom is 0.164 e. The Hall–Kier alpha value is -6.07. The second-order valence-corrected chi connectivity index (χ2v) is 10.3. The van der Waals surface area contributed by atoms with Crippen LogP contribution in [0.1, 0.15) is 8.22 Å². The maximum absolute atomic E-state index is 9.40. The molecule has 9 rings (SSSR count). The van der Waals surface area contributed by atoms with E-state index >= 15 is 0 Å². The quantitative estimate of drug-likeness (QED) is 0.210. The third-order valence-electron chi connectivity index (χ3n) is 7.67. The number of rotatable bonds is 4. The predicted molar refractivity (Wildman–Crippen MR) is 176 cm³/mol. The van der Waals surface area contributed by atoms with Gasteiger partial charge in [-0.3, -0.25) is 0 Å². The minimum atomic E-state index is -0.338. The lowest BCUT2D eigenvalue weighted by atomic mass is 9.99. The number of fused-ring (bicyclic) bond motifs is 6. The minimum Gasteiger partial charge on any atom is -0.456 e. The summed E-state index contributed by atoms with van der Waals surface area (Å²) in [5.41, 5.74) is 3.47. The van der Waals surface area contributed by atoms with E-state index in [0.29, 0.717) is 45.1 Å². The van der Waals surface area contributed by atoms with Crippen LogP contribution in [0.15, 0.2) is 148 Å². The number of hydrogen-bond donors (Lipinski definition) is 0. The Kier molecular flexibility index (Phi) is 4.25. The highest BCUT2D eigenvalue weighted by Crippen LogP contribution is 2.39. The van der Waals surface area contributed by atoms with E-state index in [-0.39, 0.29) is 69.6 Å². The summed E-state index contributed by atoms with van der Waals surface area (Å²) in [6.45, 7) is 0. The normalized spacial score (nSPS) is 13.5. The van der Waals surface area contributed by atoms with Crippen LogP contribution in [0.25, 0.3) is 89.2 Å². The summed E-state index contributed by atoms with van der Waals surface area (Å²) in [5, 5.41) is 2.05. The van der Waals surface area contributed by atoms with Gasteiger partial charge in [0, 0.05) is 38.2 Å². The number of hydrogen-bond acceptors (Lipinski definition) is 5. The SMILES string of the molecule is [2H]c1c([2H])c(-c2ccccc2)c2c(oc3c([2H])c(-c4nc(-c5ccccc5)nc(-c5cccc6oc7ccccc7c56)n4)c([2H])c([2H])c32)c1[2H]. The lowest BCUT2D eigenvalue weighted by molar-refractivity contribution is 0.668.